The summed E-state index contributed by atoms with van der Waals surface area (Å²) in [5.41, 5.74) is 4.58. The van der Waals surface area contributed by atoms with E-state index in [-0.39, 0.29) is 5.91 Å². The lowest BCUT2D eigenvalue weighted by Crippen LogP contribution is -2.27. The van der Waals surface area contributed by atoms with Crippen LogP contribution >= 0.6 is 23.1 Å². The smallest absolute Gasteiger partial charge is 0.253 e. The van der Waals surface area contributed by atoms with E-state index in [1.807, 2.05) is 77.5 Å². The van der Waals surface area contributed by atoms with Gasteiger partial charge < -0.3 is 5.32 Å². The Morgan fingerprint density at radius 3 is 2.67 bits per heavy atom. The minimum atomic E-state index is -0.420. The number of nitrogens with one attached hydrogen (secondary N) is 2. The molecule has 1 amide bonds. The second-order valence-corrected chi connectivity index (χ2v) is 10.2. The maximum atomic E-state index is 12.7. The monoisotopic (exact) mass is 512 g/mol. The van der Waals surface area contributed by atoms with Crippen molar-refractivity contribution in [2.75, 3.05) is 5.32 Å². The van der Waals surface area contributed by atoms with Crippen molar-refractivity contribution in [1.29, 1.82) is 0 Å². The maximum absolute atomic E-state index is 12.7. The van der Waals surface area contributed by atoms with Gasteiger partial charge in [-0.2, -0.15) is 5.10 Å². The Hall–Kier alpha value is -3.95. The van der Waals surface area contributed by atoms with E-state index in [2.05, 4.69) is 50.3 Å². The molecule has 1 unspecified atom stereocenters. The zero-order chi connectivity index (χ0) is 24.7. The van der Waals surface area contributed by atoms with Gasteiger partial charge >= 0.3 is 0 Å². The van der Waals surface area contributed by atoms with Crippen molar-refractivity contribution in [3.05, 3.63) is 101 Å². The fourth-order valence-electron chi connectivity index (χ4n) is 3.71. The van der Waals surface area contributed by atoms with Gasteiger partial charge in [-0.25, -0.2) is 5.43 Å². The van der Waals surface area contributed by atoms with Crippen molar-refractivity contribution in [3.8, 4) is 5.69 Å². The molecule has 0 bridgehead atoms. The number of anilines is 1. The molecule has 2 aromatic heterocycles. The van der Waals surface area contributed by atoms with Gasteiger partial charge in [0.05, 0.1) is 18.0 Å². The highest BCUT2D eigenvalue weighted by molar-refractivity contribution is 8.00. The number of hydrogen-bond donors (Lipinski definition) is 2. The summed E-state index contributed by atoms with van der Waals surface area (Å²) in [6.45, 7) is 2.31. The van der Waals surface area contributed by atoms with Crippen molar-refractivity contribution in [2.45, 2.75) is 23.9 Å². The number of nitrogens with zero attached hydrogens (tertiary/aromatic N) is 4. The zero-order valence-corrected chi connectivity index (χ0v) is 21.2. The number of benzene rings is 3. The van der Waals surface area contributed by atoms with Crippen molar-refractivity contribution < 1.29 is 4.79 Å². The van der Waals surface area contributed by atoms with E-state index in [4.69, 9.17) is 0 Å². The van der Waals surface area contributed by atoms with E-state index in [1.165, 1.54) is 17.1 Å². The van der Waals surface area contributed by atoms with Gasteiger partial charge in [0.25, 0.3) is 5.91 Å². The Kier molecular flexibility index (Phi) is 7.39. The van der Waals surface area contributed by atoms with Crippen LogP contribution in [0.1, 0.15) is 17.6 Å². The van der Waals surface area contributed by atoms with Crippen LogP contribution in [0.2, 0.25) is 0 Å². The van der Waals surface area contributed by atoms with Crippen LogP contribution in [0.4, 0.5) is 5.69 Å². The fourth-order valence-corrected chi connectivity index (χ4v) is 5.17. The topological polar surface area (TPSA) is 84.2 Å². The van der Waals surface area contributed by atoms with Gasteiger partial charge in [-0.3, -0.25) is 9.36 Å². The summed E-state index contributed by atoms with van der Waals surface area (Å²) >= 11 is 2.90. The van der Waals surface area contributed by atoms with Gasteiger partial charge in [-0.15, -0.1) is 21.5 Å². The van der Waals surface area contributed by atoms with Gasteiger partial charge in [0.2, 0.25) is 0 Å². The molecule has 0 aliphatic rings. The zero-order valence-electron chi connectivity index (χ0n) is 19.5. The molecule has 9 heteroatoms. The van der Waals surface area contributed by atoms with Crippen molar-refractivity contribution in [2.24, 2.45) is 5.10 Å². The number of fused-ring (bicyclic) bond motifs is 1. The van der Waals surface area contributed by atoms with Gasteiger partial charge in [0.15, 0.2) is 11.0 Å². The van der Waals surface area contributed by atoms with Crippen LogP contribution in [0, 0.1) is 0 Å². The van der Waals surface area contributed by atoms with Crippen LogP contribution in [0.25, 0.3) is 16.5 Å². The molecule has 180 valence electrons. The molecule has 0 aliphatic carbocycles. The summed E-state index contributed by atoms with van der Waals surface area (Å²) < 4.78 is 1.99. The second-order valence-electron chi connectivity index (χ2n) is 7.96. The van der Waals surface area contributed by atoms with Gasteiger partial charge in [-0.1, -0.05) is 72.4 Å². The molecule has 36 heavy (non-hydrogen) atoms. The normalized spacial score (nSPS) is 12.1. The van der Waals surface area contributed by atoms with Crippen molar-refractivity contribution in [3.63, 3.8) is 0 Å². The Bertz CT molecular complexity index is 1480. The highest BCUT2D eigenvalue weighted by atomic mass is 32.2. The second kappa shape index (κ2) is 11.2. The van der Waals surface area contributed by atoms with Crippen LogP contribution in [0.15, 0.2) is 101 Å². The van der Waals surface area contributed by atoms with Gasteiger partial charge in [0.1, 0.15) is 0 Å². The van der Waals surface area contributed by atoms with Gasteiger partial charge in [0, 0.05) is 21.6 Å². The number of thiophene rings is 1. The molecule has 3 aromatic carbocycles. The lowest BCUT2D eigenvalue weighted by atomic mass is 10.1. The van der Waals surface area contributed by atoms with Crippen LogP contribution in [-0.2, 0) is 11.3 Å². The first-order valence-electron chi connectivity index (χ1n) is 11.4. The van der Waals surface area contributed by atoms with Gasteiger partial charge in [-0.05, 0) is 42.0 Å². The number of aromatic nitrogens is 3. The maximum Gasteiger partial charge on any atom is 0.253 e. The predicted molar refractivity (Wildman–Crippen MR) is 148 cm³/mol. The van der Waals surface area contributed by atoms with Crippen LogP contribution in [0.5, 0.6) is 0 Å². The molecule has 2 heterocycles. The van der Waals surface area contributed by atoms with E-state index < -0.39 is 5.25 Å². The summed E-state index contributed by atoms with van der Waals surface area (Å²) in [5.74, 6) is 0.547. The average molecular weight is 513 g/mol. The van der Waals surface area contributed by atoms with E-state index in [1.54, 1.807) is 17.6 Å². The summed E-state index contributed by atoms with van der Waals surface area (Å²) in [5, 5.41) is 21.0. The summed E-state index contributed by atoms with van der Waals surface area (Å²) in [7, 11) is 0. The lowest BCUT2D eigenvalue weighted by Gasteiger charge is -2.14. The molecule has 0 saturated carbocycles. The molecule has 0 fully saturated rings. The predicted octanol–water partition coefficient (Wildman–Crippen LogP) is 5.73. The van der Waals surface area contributed by atoms with E-state index in [0.717, 1.165) is 27.5 Å². The first-order chi connectivity index (χ1) is 17.7. The Morgan fingerprint density at radius 2 is 1.83 bits per heavy atom. The summed E-state index contributed by atoms with van der Waals surface area (Å²) in [6.07, 6.45) is 1.64. The minimum absolute atomic E-state index is 0.203. The SMILES string of the molecule is CC(Sc1nnc(CNc2cccc3ccccc23)n1-c1ccccc1)C(=O)N/N=C/c1cccs1. The van der Waals surface area contributed by atoms with Crippen LogP contribution in [-0.4, -0.2) is 32.1 Å². The Balaban J connectivity index is 1.35. The number of carbonyl (C=O) groups excluding carboxylic acids is 1. The molecular weight excluding hydrogens is 488 g/mol. The molecule has 2 N–H and O–H groups in total. The molecule has 5 rings (SSSR count). The highest BCUT2D eigenvalue weighted by Gasteiger charge is 2.21. The largest absolute Gasteiger partial charge is 0.377 e. The summed E-state index contributed by atoms with van der Waals surface area (Å²) in [4.78, 5) is 13.6. The van der Waals surface area contributed by atoms with Crippen LogP contribution in [0.3, 0.4) is 0 Å². The van der Waals surface area contributed by atoms with E-state index >= 15 is 0 Å². The molecule has 1 atom stereocenters. The minimum Gasteiger partial charge on any atom is -0.377 e. The molecule has 0 spiro atoms. The molecule has 0 radical (unpaired) electrons. The number of thioether (sulfide) groups is 1. The average Bonchev–Trinajstić information content (AvgIpc) is 3.58. The Morgan fingerprint density at radius 1 is 1.03 bits per heavy atom. The first kappa shape index (κ1) is 23.8. The van der Waals surface area contributed by atoms with E-state index in [0.29, 0.717) is 11.7 Å². The highest BCUT2D eigenvalue weighted by Crippen LogP contribution is 2.27. The molecule has 5 aromatic rings. The van der Waals surface area contributed by atoms with Crippen molar-refractivity contribution >= 4 is 51.7 Å². The number of amides is 1. The fraction of sp³-hybridized carbons (Fsp3) is 0.111. The third-order valence-corrected chi connectivity index (χ3v) is 7.35. The molecule has 7 nitrogen and oxygen atoms in total. The Labute approximate surface area is 217 Å². The third-order valence-electron chi connectivity index (χ3n) is 5.50. The third kappa shape index (κ3) is 5.48. The first-order valence-corrected chi connectivity index (χ1v) is 13.2. The number of hydrazone groups is 1. The number of carbonyl (C=O) groups is 1. The number of hydrogen-bond acceptors (Lipinski definition) is 7. The number of rotatable bonds is 9. The lowest BCUT2D eigenvalue weighted by molar-refractivity contribution is -0.120. The number of para-hydroxylation sites is 1. The summed E-state index contributed by atoms with van der Waals surface area (Å²) in [6, 6.07) is 28.3. The van der Waals surface area contributed by atoms with Crippen molar-refractivity contribution in [1.82, 2.24) is 20.2 Å². The molecular formula is C27H24N6OS2. The standard InChI is InChI=1S/C27H24N6OS2/c1-19(26(34)31-29-17-22-13-8-16-35-22)36-27-32-30-25(33(27)21-11-3-2-4-12-21)18-28-24-15-7-10-20-9-5-6-14-23(20)24/h2-17,19,28H,18H2,1H3,(H,31,34)/b29-17+. The van der Waals surface area contributed by atoms with E-state index in [9.17, 15) is 4.79 Å². The van der Waals surface area contributed by atoms with Crippen LogP contribution < -0.4 is 10.7 Å². The molecule has 0 saturated heterocycles. The quantitative estimate of drug-likeness (QED) is 0.150. The molecule has 0 aliphatic heterocycles.